The second kappa shape index (κ2) is 6.84. The number of hydrogen-bond donors (Lipinski definition) is 1. The Morgan fingerprint density at radius 3 is 2.65 bits per heavy atom. The summed E-state index contributed by atoms with van der Waals surface area (Å²) in [5, 5.41) is 9.63. The van der Waals surface area contributed by atoms with Crippen LogP contribution in [0.25, 0.3) is 0 Å². The van der Waals surface area contributed by atoms with Crippen molar-refractivity contribution in [2.75, 3.05) is 25.1 Å². The van der Waals surface area contributed by atoms with Gasteiger partial charge < -0.3 is 14.7 Å². The predicted molar refractivity (Wildman–Crippen MR) is 71.7 cm³/mol. The molecule has 0 spiro atoms. The normalized spacial score (nSPS) is 10.9. The van der Waals surface area contributed by atoms with E-state index < -0.39 is 0 Å². The zero-order chi connectivity index (χ0) is 12.8. The Bertz CT molecular complexity index is 355. The van der Waals surface area contributed by atoms with E-state index in [9.17, 15) is 0 Å². The van der Waals surface area contributed by atoms with Gasteiger partial charge in [-0.2, -0.15) is 0 Å². The highest BCUT2D eigenvalue weighted by molar-refractivity contribution is 6.31. The molecule has 1 N–H and O–H groups in total. The first-order valence-corrected chi connectivity index (χ1v) is 6.14. The van der Waals surface area contributed by atoms with Gasteiger partial charge in [0.2, 0.25) is 0 Å². The quantitative estimate of drug-likeness (QED) is 0.851. The SMILES string of the molecule is CC(C)OCCN(C)c1ccc(CO)c(Cl)c1. The Balaban J connectivity index is 2.57. The first-order valence-electron chi connectivity index (χ1n) is 5.76. The predicted octanol–water partition coefficient (Wildman–Crippen LogP) is 2.69. The second-order valence-corrected chi connectivity index (χ2v) is 4.68. The van der Waals surface area contributed by atoms with Crippen LogP contribution < -0.4 is 4.90 Å². The molecule has 0 aliphatic carbocycles. The minimum absolute atomic E-state index is 0.0285. The lowest BCUT2D eigenvalue weighted by atomic mass is 10.2. The molecule has 0 atom stereocenters. The molecule has 0 saturated carbocycles. The van der Waals surface area contributed by atoms with Crippen LogP contribution in [0.15, 0.2) is 18.2 Å². The molecule has 0 fully saturated rings. The Labute approximate surface area is 108 Å². The van der Waals surface area contributed by atoms with Gasteiger partial charge in [0.1, 0.15) is 0 Å². The Kier molecular flexibility index (Phi) is 5.75. The number of halogens is 1. The van der Waals surface area contributed by atoms with Crippen LogP contribution in [-0.4, -0.2) is 31.4 Å². The molecule has 0 radical (unpaired) electrons. The fraction of sp³-hybridized carbons (Fsp3) is 0.538. The topological polar surface area (TPSA) is 32.7 Å². The van der Waals surface area contributed by atoms with Crippen LogP contribution in [0.1, 0.15) is 19.4 Å². The molecule has 0 aliphatic rings. The zero-order valence-electron chi connectivity index (χ0n) is 10.6. The van der Waals surface area contributed by atoms with Crippen molar-refractivity contribution in [2.24, 2.45) is 0 Å². The summed E-state index contributed by atoms with van der Waals surface area (Å²) in [7, 11) is 1.99. The molecule has 0 saturated heterocycles. The Morgan fingerprint density at radius 2 is 2.12 bits per heavy atom. The molecule has 4 heteroatoms. The molecule has 0 unspecified atom stereocenters. The van der Waals surface area contributed by atoms with E-state index in [1.807, 2.05) is 39.1 Å². The number of anilines is 1. The molecule has 0 bridgehead atoms. The molecular weight excluding hydrogens is 238 g/mol. The van der Waals surface area contributed by atoms with Crippen molar-refractivity contribution < 1.29 is 9.84 Å². The molecule has 0 aromatic heterocycles. The van der Waals surface area contributed by atoms with Gasteiger partial charge in [-0.25, -0.2) is 0 Å². The number of aliphatic hydroxyl groups is 1. The number of hydrogen-bond acceptors (Lipinski definition) is 3. The maximum atomic E-state index is 9.03. The van der Waals surface area contributed by atoms with E-state index in [1.165, 1.54) is 0 Å². The molecule has 0 aliphatic heterocycles. The Morgan fingerprint density at radius 1 is 1.41 bits per heavy atom. The average molecular weight is 258 g/mol. The minimum atomic E-state index is -0.0285. The monoisotopic (exact) mass is 257 g/mol. The van der Waals surface area contributed by atoms with E-state index in [0.29, 0.717) is 11.6 Å². The molecular formula is C13H20ClNO2. The maximum Gasteiger partial charge on any atom is 0.0696 e. The third kappa shape index (κ3) is 4.54. The minimum Gasteiger partial charge on any atom is -0.392 e. The van der Waals surface area contributed by atoms with Crippen LogP contribution in [0.5, 0.6) is 0 Å². The number of ether oxygens (including phenoxy) is 1. The molecule has 96 valence electrons. The van der Waals surface area contributed by atoms with Crippen LogP contribution in [0.2, 0.25) is 5.02 Å². The summed E-state index contributed by atoms with van der Waals surface area (Å²) < 4.78 is 5.49. The average Bonchev–Trinajstić information content (AvgIpc) is 2.28. The fourth-order valence-corrected chi connectivity index (χ4v) is 1.69. The third-order valence-electron chi connectivity index (χ3n) is 2.53. The van der Waals surface area contributed by atoms with Crippen LogP contribution in [0, 0.1) is 0 Å². The number of rotatable bonds is 6. The molecule has 0 amide bonds. The molecule has 3 nitrogen and oxygen atoms in total. The smallest absolute Gasteiger partial charge is 0.0696 e. The van der Waals surface area contributed by atoms with Crippen molar-refractivity contribution in [3.8, 4) is 0 Å². The molecule has 1 aromatic carbocycles. The van der Waals surface area contributed by atoms with Crippen LogP contribution in [0.4, 0.5) is 5.69 Å². The van der Waals surface area contributed by atoms with E-state index >= 15 is 0 Å². The van der Waals surface area contributed by atoms with Gasteiger partial charge in [-0.1, -0.05) is 17.7 Å². The second-order valence-electron chi connectivity index (χ2n) is 4.27. The van der Waals surface area contributed by atoms with Crippen LogP contribution >= 0.6 is 11.6 Å². The van der Waals surface area contributed by atoms with Gasteiger partial charge in [0.25, 0.3) is 0 Å². The lowest BCUT2D eigenvalue weighted by molar-refractivity contribution is 0.0846. The van der Waals surface area contributed by atoms with Crippen molar-refractivity contribution in [1.29, 1.82) is 0 Å². The summed E-state index contributed by atoms with van der Waals surface area (Å²) in [5.41, 5.74) is 1.78. The number of aliphatic hydroxyl groups excluding tert-OH is 1. The highest BCUT2D eigenvalue weighted by Crippen LogP contribution is 2.22. The first-order chi connectivity index (χ1) is 8.04. The van der Waals surface area contributed by atoms with Crippen molar-refractivity contribution >= 4 is 17.3 Å². The van der Waals surface area contributed by atoms with E-state index in [4.69, 9.17) is 21.4 Å². The number of likely N-dealkylation sites (N-methyl/N-ethyl adjacent to an activating group) is 1. The standard InChI is InChI=1S/C13H20ClNO2/c1-10(2)17-7-6-15(3)12-5-4-11(9-16)13(14)8-12/h4-5,8,10,16H,6-7,9H2,1-3H3. The van der Waals surface area contributed by atoms with Gasteiger partial charge >= 0.3 is 0 Å². The van der Waals surface area contributed by atoms with E-state index in [2.05, 4.69) is 4.90 Å². The third-order valence-corrected chi connectivity index (χ3v) is 2.88. The van der Waals surface area contributed by atoms with Crippen LogP contribution in [0.3, 0.4) is 0 Å². The van der Waals surface area contributed by atoms with Gasteiger partial charge in [-0.15, -0.1) is 0 Å². The van der Waals surface area contributed by atoms with Gasteiger partial charge in [0.05, 0.1) is 19.3 Å². The summed E-state index contributed by atoms with van der Waals surface area (Å²) in [6.45, 7) is 5.51. The molecule has 1 rings (SSSR count). The zero-order valence-corrected chi connectivity index (χ0v) is 11.4. The molecule has 0 heterocycles. The van der Waals surface area contributed by atoms with E-state index in [0.717, 1.165) is 17.8 Å². The van der Waals surface area contributed by atoms with E-state index in [-0.39, 0.29) is 12.7 Å². The largest absolute Gasteiger partial charge is 0.392 e. The van der Waals surface area contributed by atoms with Gasteiger partial charge in [-0.3, -0.25) is 0 Å². The summed E-state index contributed by atoms with van der Waals surface area (Å²) >= 11 is 6.04. The summed E-state index contributed by atoms with van der Waals surface area (Å²) in [6, 6.07) is 5.66. The lowest BCUT2D eigenvalue weighted by Crippen LogP contribution is -2.23. The number of benzene rings is 1. The van der Waals surface area contributed by atoms with Crippen molar-refractivity contribution in [3.05, 3.63) is 28.8 Å². The van der Waals surface area contributed by atoms with Gasteiger partial charge in [0, 0.05) is 24.3 Å². The van der Waals surface area contributed by atoms with E-state index in [1.54, 1.807) is 0 Å². The lowest BCUT2D eigenvalue weighted by Gasteiger charge is -2.20. The summed E-state index contributed by atoms with van der Waals surface area (Å²) in [5.74, 6) is 0. The Hall–Kier alpha value is -0.770. The maximum absolute atomic E-state index is 9.03. The summed E-state index contributed by atoms with van der Waals surface area (Å²) in [4.78, 5) is 2.08. The fourth-order valence-electron chi connectivity index (χ4n) is 1.46. The molecule has 1 aromatic rings. The van der Waals surface area contributed by atoms with Gasteiger partial charge in [0.15, 0.2) is 0 Å². The highest BCUT2D eigenvalue weighted by Gasteiger charge is 2.05. The van der Waals surface area contributed by atoms with Crippen molar-refractivity contribution in [2.45, 2.75) is 26.6 Å². The molecule has 17 heavy (non-hydrogen) atoms. The van der Waals surface area contributed by atoms with Gasteiger partial charge in [-0.05, 0) is 31.5 Å². The summed E-state index contributed by atoms with van der Waals surface area (Å²) in [6.07, 6.45) is 0.253. The van der Waals surface area contributed by atoms with Crippen molar-refractivity contribution in [1.82, 2.24) is 0 Å². The first kappa shape index (κ1) is 14.3. The highest BCUT2D eigenvalue weighted by atomic mass is 35.5. The van der Waals surface area contributed by atoms with Crippen molar-refractivity contribution in [3.63, 3.8) is 0 Å². The number of nitrogens with zero attached hydrogens (tertiary/aromatic N) is 1. The van der Waals surface area contributed by atoms with Crippen LogP contribution in [-0.2, 0) is 11.3 Å².